The molecular formula is C20H26N7+. The Morgan fingerprint density at radius 1 is 1.30 bits per heavy atom. The number of nitriles is 1. The number of hydrogen-bond donors (Lipinski definition) is 6. The summed E-state index contributed by atoms with van der Waals surface area (Å²) >= 11 is 0. The number of rotatable bonds is 3. The molecule has 27 heavy (non-hydrogen) atoms. The molecule has 0 spiro atoms. The fourth-order valence-corrected chi connectivity index (χ4v) is 4.19. The molecule has 7 heteroatoms. The summed E-state index contributed by atoms with van der Waals surface area (Å²) in [4.78, 5) is 3.23. The van der Waals surface area contributed by atoms with E-state index in [4.69, 9.17) is 22.3 Å². The highest BCUT2D eigenvalue weighted by Gasteiger charge is 2.40. The van der Waals surface area contributed by atoms with Crippen molar-refractivity contribution in [3.63, 3.8) is 0 Å². The van der Waals surface area contributed by atoms with Crippen molar-refractivity contribution in [3.05, 3.63) is 46.8 Å². The summed E-state index contributed by atoms with van der Waals surface area (Å²) in [5.41, 5.74) is 14.9. The predicted octanol–water partition coefficient (Wildman–Crippen LogP) is -0.0118. The van der Waals surface area contributed by atoms with Gasteiger partial charge in [0.15, 0.2) is 0 Å². The lowest BCUT2D eigenvalue weighted by Crippen LogP contribution is -2.78. The molecule has 0 aromatic carbocycles. The first-order valence-corrected chi connectivity index (χ1v) is 9.20. The second-order valence-corrected chi connectivity index (χ2v) is 7.14. The molecule has 1 heterocycles. The van der Waals surface area contributed by atoms with Crippen LogP contribution in [0.5, 0.6) is 0 Å². The third kappa shape index (κ3) is 3.36. The first-order valence-electron chi connectivity index (χ1n) is 9.20. The van der Waals surface area contributed by atoms with E-state index >= 15 is 0 Å². The van der Waals surface area contributed by atoms with E-state index in [0.717, 1.165) is 31.4 Å². The minimum Gasteiger partial charge on any atom is -0.404 e. The largest absolute Gasteiger partial charge is 0.404 e. The van der Waals surface area contributed by atoms with E-state index in [1.54, 1.807) is 18.2 Å². The van der Waals surface area contributed by atoms with Crippen LogP contribution in [0.25, 0.3) is 0 Å². The van der Waals surface area contributed by atoms with Crippen molar-refractivity contribution >= 4 is 17.3 Å². The van der Waals surface area contributed by atoms with Gasteiger partial charge in [-0.3, -0.25) is 16.6 Å². The Morgan fingerprint density at radius 2 is 2.00 bits per heavy atom. The standard InChI is InChI=1S/C20H25N7/c1-26-12-7-5-11(6-8-12)19-14(9-21)17(15(10-22)20(25)27-19)13-3-2-4-16(23)18(13)24/h2-4,10-12,17,23-24,26H,5-8,22H2,1H3,(H2,25,27)/p+1/b15-10-,23-16?,24-18?. The van der Waals surface area contributed by atoms with Crippen LogP contribution >= 0.6 is 0 Å². The van der Waals surface area contributed by atoms with E-state index in [9.17, 15) is 5.26 Å². The lowest BCUT2D eigenvalue weighted by Gasteiger charge is -2.32. The third-order valence-corrected chi connectivity index (χ3v) is 5.72. The summed E-state index contributed by atoms with van der Waals surface area (Å²) in [5, 5.41) is 29.6. The van der Waals surface area contributed by atoms with Crippen LogP contribution in [-0.4, -0.2) is 30.3 Å². The van der Waals surface area contributed by atoms with Gasteiger partial charge in [-0.15, -0.1) is 0 Å². The van der Waals surface area contributed by atoms with Gasteiger partial charge in [-0.1, -0.05) is 12.2 Å². The SMILES string of the molecule is CNC1CCC(C2=C(C#N)C(C3=CC=CC(=N)C3=N)/C(=C/N)C(N)=[NH+]2)CC1. The molecule has 140 valence electrons. The van der Waals surface area contributed by atoms with Gasteiger partial charge in [0.2, 0.25) is 0 Å². The number of nitrogens with two attached hydrogens (primary N) is 2. The van der Waals surface area contributed by atoms with Crippen LogP contribution in [0.15, 0.2) is 46.8 Å². The third-order valence-electron chi connectivity index (χ3n) is 5.72. The summed E-state index contributed by atoms with van der Waals surface area (Å²) < 4.78 is 0. The Balaban J connectivity index is 2.07. The molecule has 1 atom stereocenters. The van der Waals surface area contributed by atoms with E-state index < -0.39 is 5.92 Å². The second kappa shape index (κ2) is 7.72. The van der Waals surface area contributed by atoms with E-state index in [1.165, 1.54) is 6.20 Å². The fraction of sp³-hybridized carbons (Fsp3) is 0.400. The average molecular weight is 364 g/mol. The lowest BCUT2D eigenvalue weighted by atomic mass is 9.74. The van der Waals surface area contributed by atoms with Crippen molar-refractivity contribution in [3.8, 4) is 6.07 Å². The summed E-state index contributed by atoms with van der Waals surface area (Å²) in [7, 11) is 1.98. The summed E-state index contributed by atoms with van der Waals surface area (Å²) in [6.07, 6.45) is 10.5. The van der Waals surface area contributed by atoms with Crippen LogP contribution in [0.3, 0.4) is 0 Å². The Bertz CT molecular complexity index is 855. The Labute approximate surface area is 159 Å². The molecule has 0 radical (unpaired) electrons. The molecule has 1 fully saturated rings. The second-order valence-electron chi connectivity index (χ2n) is 7.14. The first-order chi connectivity index (χ1) is 13.0. The number of nitrogens with one attached hydrogen (secondary N) is 4. The quantitative estimate of drug-likeness (QED) is 0.390. The zero-order valence-corrected chi connectivity index (χ0v) is 15.5. The minimum atomic E-state index is -0.518. The van der Waals surface area contributed by atoms with Crippen molar-refractivity contribution < 1.29 is 4.99 Å². The van der Waals surface area contributed by atoms with Crippen LogP contribution < -0.4 is 21.8 Å². The minimum absolute atomic E-state index is 0.0996. The monoisotopic (exact) mass is 364 g/mol. The number of nitrogens with zero attached hydrogens (tertiary/aromatic N) is 1. The lowest BCUT2D eigenvalue weighted by molar-refractivity contribution is -0.412. The highest BCUT2D eigenvalue weighted by atomic mass is 14.9. The van der Waals surface area contributed by atoms with Gasteiger partial charge in [-0.2, -0.15) is 5.26 Å². The Kier molecular flexibility index (Phi) is 5.38. The molecule has 0 saturated heterocycles. The Hall–Kier alpha value is -2.98. The molecule has 7 nitrogen and oxygen atoms in total. The van der Waals surface area contributed by atoms with Gasteiger partial charge >= 0.3 is 0 Å². The normalized spacial score (nSPS) is 30.2. The van der Waals surface area contributed by atoms with Gasteiger partial charge in [-0.25, -0.2) is 4.99 Å². The van der Waals surface area contributed by atoms with Crippen LogP contribution in [-0.2, 0) is 0 Å². The molecular weight excluding hydrogens is 338 g/mol. The molecule has 0 bridgehead atoms. The maximum atomic E-state index is 10.00. The first kappa shape index (κ1) is 18.8. The van der Waals surface area contributed by atoms with E-state index in [1.807, 2.05) is 7.05 Å². The summed E-state index contributed by atoms with van der Waals surface area (Å²) in [6.45, 7) is 0. The molecule has 2 aliphatic carbocycles. The molecule has 0 aromatic rings. The molecule has 3 aliphatic rings. The number of allylic oxidation sites excluding steroid dienone is 6. The van der Waals surface area contributed by atoms with E-state index in [-0.39, 0.29) is 17.3 Å². The molecule has 1 aliphatic heterocycles. The highest BCUT2D eigenvalue weighted by molar-refractivity contribution is 6.51. The van der Waals surface area contributed by atoms with Crippen LogP contribution in [0.1, 0.15) is 25.7 Å². The molecule has 0 aromatic heterocycles. The van der Waals surface area contributed by atoms with Gasteiger partial charge < -0.3 is 11.1 Å². The predicted molar refractivity (Wildman–Crippen MR) is 106 cm³/mol. The van der Waals surface area contributed by atoms with Crippen LogP contribution in [0, 0.1) is 34.0 Å². The van der Waals surface area contributed by atoms with Crippen molar-refractivity contribution in [2.75, 3.05) is 7.05 Å². The number of amidine groups is 1. The Morgan fingerprint density at radius 3 is 2.59 bits per heavy atom. The highest BCUT2D eigenvalue weighted by Crippen LogP contribution is 2.36. The molecule has 1 saturated carbocycles. The van der Waals surface area contributed by atoms with E-state index in [0.29, 0.717) is 28.6 Å². The van der Waals surface area contributed by atoms with Crippen LogP contribution in [0.4, 0.5) is 0 Å². The van der Waals surface area contributed by atoms with Crippen molar-refractivity contribution in [1.29, 1.82) is 16.1 Å². The molecule has 1 unspecified atom stereocenters. The van der Waals surface area contributed by atoms with Crippen molar-refractivity contribution in [2.45, 2.75) is 31.7 Å². The van der Waals surface area contributed by atoms with Gasteiger partial charge in [0.1, 0.15) is 5.70 Å². The zero-order valence-electron chi connectivity index (χ0n) is 15.5. The smallest absolute Gasteiger partial charge is 0.276 e. The van der Waals surface area contributed by atoms with Gasteiger partial charge in [-0.05, 0) is 44.4 Å². The number of hydrogen-bond acceptors (Lipinski definition) is 6. The van der Waals surface area contributed by atoms with Crippen LogP contribution in [0.2, 0.25) is 0 Å². The maximum absolute atomic E-state index is 10.00. The molecule has 8 N–H and O–H groups in total. The summed E-state index contributed by atoms with van der Waals surface area (Å²) in [6, 6.07) is 2.86. The topological polar surface area (TPSA) is 150 Å². The zero-order chi connectivity index (χ0) is 19.6. The van der Waals surface area contributed by atoms with Crippen molar-refractivity contribution in [2.24, 2.45) is 23.3 Å². The fourth-order valence-electron chi connectivity index (χ4n) is 4.19. The molecule has 3 rings (SSSR count). The van der Waals surface area contributed by atoms with Gasteiger partial charge in [0, 0.05) is 18.2 Å². The van der Waals surface area contributed by atoms with Gasteiger partial charge in [0.25, 0.3) is 5.84 Å². The van der Waals surface area contributed by atoms with Crippen molar-refractivity contribution in [1.82, 2.24) is 5.32 Å². The average Bonchev–Trinajstić information content (AvgIpc) is 2.69. The summed E-state index contributed by atoms with van der Waals surface area (Å²) in [5.74, 6) is 0.121. The maximum Gasteiger partial charge on any atom is 0.276 e. The molecule has 0 amide bonds. The van der Waals surface area contributed by atoms with Gasteiger partial charge in [0.05, 0.1) is 34.6 Å². The van der Waals surface area contributed by atoms with E-state index in [2.05, 4.69) is 16.4 Å².